The molecule has 27 heavy (non-hydrogen) atoms. The third-order valence-corrected chi connectivity index (χ3v) is 5.83. The maximum atomic E-state index is 12.3. The molecule has 1 aliphatic heterocycles. The number of carbonyl (C=O) groups is 2. The van der Waals surface area contributed by atoms with Crippen molar-refractivity contribution in [1.29, 1.82) is 0 Å². The Morgan fingerprint density at radius 3 is 2.59 bits per heavy atom. The summed E-state index contributed by atoms with van der Waals surface area (Å²) in [7, 11) is 1.31. The van der Waals surface area contributed by atoms with Crippen LogP contribution in [0.15, 0.2) is 30.3 Å². The zero-order chi connectivity index (χ0) is 19.4. The molecule has 0 saturated carbocycles. The van der Waals surface area contributed by atoms with Crippen LogP contribution in [0.3, 0.4) is 0 Å². The van der Waals surface area contributed by atoms with Crippen molar-refractivity contribution >= 4 is 28.3 Å². The summed E-state index contributed by atoms with van der Waals surface area (Å²) in [6.45, 7) is 3.18. The van der Waals surface area contributed by atoms with E-state index in [0.29, 0.717) is 41.6 Å². The highest BCUT2D eigenvalue weighted by molar-refractivity contribution is 7.17. The number of hydrogen-bond acceptors (Lipinski definition) is 7. The van der Waals surface area contributed by atoms with Crippen LogP contribution >= 0.6 is 11.3 Å². The van der Waals surface area contributed by atoms with Crippen LogP contribution in [-0.2, 0) is 15.1 Å². The number of carbonyl (C=O) groups excluding carboxylic acids is 2. The van der Waals surface area contributed by atoms with Crippen molar-refractivity contribution in [3.8, 4) is 0 Å². The number of nitrogens with one attached hydrogen (secondary N) is 1. The molecule has 2 aromatic rings. The third-order valence-electron chi connectivity index (χ3n) is 4.78. The molecule has 0 aliphatic carbocycles. The molecule has 1 aliphatic rings. The third kappa shape index (κ3) is 4.52. The number of piperidine rings is 1. The summed E-state index contributed by atoms with van der Waals surface area (Å²) < 4.78 is 4.70. The number of aryl methyl sites for hydroxylation is 1. The Morgan fingerprint density at radius 1 is 1.30 bits per heavy atom. The molecular formula is C19H23N3O4S. The highest BCUT2D eigenvalue weighted by atomic mass is 32.1. The summed E-state index contributed by atoms with van der Waals surface area (Å²) in [6, 6.07) is 9.65. The van der Waals surface area contributed by atoms with Crippen molar-refractivity contribution < 1.29 is 19.4 Å². The first-order valence-corrected chi connectivity index (χ1v) is 9.59. The molecule has 1 aromatic heterocycles. The van der Waals surface area contributed by atoms with Crippen molar-refractivity contribution in [2.24, 2.45) is 0 Å². The van der Waals surface area contributed by atoms with Crippen LogP contribution in [-0.4, -0.2) is 53.6 Å². The van der Waals surface area contributed by atoms with Crippen LogP contribution in [0.1, 0.15) is 33.8 Å². The van der Waals surface area contributed by atoms with E-state index in [-0.39, 0.29) is 12.5 Å². The van der Waals surface area contributed by atoms with Crippen LogP contribution < -0.4 is 5.32 Å². The Labute approximate surface area is 162 Å². The van der Waals surface area contributed by atoms with E-state index in [1.165, 1.54) is 7.11 Å². The smallest absolute Gasteiger partial charge is 0.350 e. The van der Waals surface area contributed by atoms with E-state index in [1.54, 1.807) is 6.92 Å². The zero-order valence-corrected chi connectivity index (χ0v) is 16.2. The van der Waals surface area contributed by atoms with Crippen molar-refractivity contribution in [3.63, 3.8) is 0 Å². The van der Waals surface area contributed by atoms with Crippen molar-refractivity contribution in [3.05, 3.63) is 46.5 Å². The van der Waals surface area contributed by atoms with E-state index in [9.17, 15) is 14.7 Å². The van der Waals surface area contributed by atoms with Crippen LogP contribution in [0.4, 0.5) is 5.13 Å². The van der Waals surface area contributed by atoms with E-state index < -0.39 is 11.6 Å². The molecule has 2 heterocycles. The number of aromatic nitrogens is 1. The first kappa shape index (κ1) is 19.5. The van der Waals surface area contributed by atoms with Crippen LogP contribution in [0.5, 0.6) is 0 Å². The molecule has 0 spiro atoms. The first-order chi connectivity index (χ1) is 12.9. The minimum absolute atomic E-state index is 0.190. The molecule has 1 fully saturated rings. The SMILES string of the molecule is COC(=O)c1sc(NC(=O)CN2CCC(O)(c3ccccc3)CC2)nc1C. The maximum Gasteiger partial charge on any atom is 0.350 e. The molecule has 144 valence electrons. The van der Waals surface area contributed by atoms with Crippen LogP contribution in [0.25, 0.3) is 0 Å². The van der Waals surface area contributed by atoms with Gasteiger partial charge in [-0.2, -0.15) is 0 Å². The number of thiazole rings is 1. The number of anilines is 1. The van der Waals surface area contributed by atoms with Gasteiger partial charge in [0.1, 0.15) is 4.88 Å². The lowest BCUT2D eigenvalue weighted by Gasteiger charge is -2.38. The van der Waals surface area contributed by atoms with E-state index in [4.69, 9.17) is 4.74 Å². The molecule has 2 N–H and O–H groups in total. The average molecular weight is 389 g/mol. The number of esters is 1. The fraction of sp³-hybridized carbons (Fsp3) is 0.421. The van der Waals surface area contributed by atoms with Gasteiger partial charge in [-0.15, -0.1) is 0 Å². The van der Waals surface area contributed by atoms with Crippen molar-refractivity contribution in [2.45, 2.75) is 25.4 Å². The Bertz CT molecular complexity index is 814. The molecular weight excluding hydrogens is 366 g/mol. The van der Waals surface area contributed by atoms with Gasteiger partial charge in [-0.1, -0.05) is 41.7 Å². The Morgan fingerprint density at radius 2 is 1.96 bits per heavy atom. The molecule has 0 unspecified atom stereocenters. The van der Waals surface area contributed by atoms with Crippen LogP contribution in [0, 0.1) is 6.92 Å². The zero-order valence-electron chi connectivity index (χ0n) is 15.4. The van der Waals surface area contributed by atoms with Gasteiger partial charge in [0.15, 0.2) is 5.13 Å². The van der Waals surface area contributed by atoms with Gasteiger partial charge in [0.05, 0.1) is 24.9 Å². The normalized spacial score (nSPS) is 16.7. The van der Waals surface area contributed by atoms with E-state index >= 15 is 0 Å². The van der Waals surface area contributed by atoms with E-state index in [1.807, 2.05) is 35.2 Å². The minimum atomic E-state index is -0.837. The quantitative estimate of drug-likeness (QED) is 0.762. The molecule has 3 rings (SSSR count). The standard InChI is InChI=1S/C19H23N3O4S/c1-13-16(17(24)26-2)27-18(20-13)21-15(23)12-22-10-8-19(25,9-11-22)14-6-4-3-5-7-14/h3-7,25H,8-12H2,1-2H3,(H,20,21,23). The number of nitrogens with zero attached hydrogens (tertiary/aromatic N) is 2. The fourth-order valence-corrected chi connectivity index (χ4v) is 4.11. The molecule has 1 saturated heterocycles. The molecule has 1 aromatic carbocycles. The van der Waals surface area contributed by atoms with E-state index in [2.05, 4.69) is 10.3 Å². The predicted octanol–water partition coefficient (Wildman–Crippen LogP) is 2.16. The largest absolute Gasteiger partial charge is 0.465 e. The number of benzene rings is 1. The van der Waals surface area contributed by atoms with Gasteiger partial charge in [-0.3, -0.25) is 9.69 Å². The number of methoxy groups -OCH3 is 1. The minimum Gasteiger partial charge on any atom is -0.465 e. The van der Waals surface area contributed by atoms with E-state index in [0.717, 1.165) is 16.9 Å². The van der Waals surface area contributed by atoms with Crippen molar-refractivity contribution in [2.75, 3.05) is 32.1 Å². The molecule has 8 heteroatoms. The predicted molar refractivity (Wildman–Crippen MR) is 103 cm³/mol. The Hall–Kier alpha value is -2.29. The van der Waals surface area contributed by atoms with Gasteiger partial charge in [-0.25, -0.2) is 9.78 Å². The summed E-state index contributed by atoms with van der Waals surface area (Å²) in [6.07, 6.45) is 1.15. The molecule has 7 nitrogen and oxygen atoms in total. The van der Waals surface area contributed by atoms with Gasteiger partial charge in [0, 0.05) is 13.1 Å². The molecule has 1 amide bonds. The summed E-state index contributed by atoms with van der Waals surface area (Å²) in [5.74, 6) is -0.646. The summed E-state index contributed by atoms with van der Waals surface area (Å²) in [5.41, 5.74) is 0.617. The highest BCUT2D eigenvalue weighted by Crippen LogP contribution is 2.32. The topological polar surface area (TPSA) is 91.8 Å². The second kappa shape index (κ2) is 8.16. The fourth-order valence-electron chi connectivity index (χ4n) is 3.21. The van der Waals surface area contributed by atoms with Gasteiger partial charge in [0.25, 0.3) is 0 Å². The number of aliphatic hydroxyl groups is 1. The summed E-state index contributed by atoms with van der Waals surface area (Å²) in [4.78, 5) is 30.5. The lowest BCUT2D eigenvalue weighted by molar-refractivity contribution is -0.118. The van der Waals surface area contributed by atoms with Crippen molar-refractivity contribution in [1.82, 2.24) is 9.88 Å². The number of likely N-dealkylation sites (tertiary alicyclic amines) is 1. The number of rotatable bonds is 5. The number of hydrogen-bond donors (Lipinski definition) is 2. The number of amides is 1. The summed E-state index contributed by atoms with van der Waals surface area (Å²) in [5, 5.41) is 14.0. The summed E-state index contributed by atoms with van der Waals surface area (Å²) >= 11 is 1.10. The molecule has 0 bridgehead atoms. The second-order valence-electron chi connectivity index (χ2n) is 6.65. The molecule has 0 radical (unpaired) electrons. The lowest BCUT2D eigenvalue weighted by Crippen LogP contribution is -2.45. The Kier molecular flexibility index (Phi) is 5.88. The lowest BCUT2D eigenvalue weighted by atomic mass is 9.84. The molecule has 0 atom stereocenters. The van der Waals surface area contributed by atoms with Gasteiger partial charge in [-0.05, 0) is 25.3 Å². The monoisotopic (exact) mass is 389 g/mol. The maximum absolute atomic E-state index is 12.3. The van der Waals surface area contributed by atoms with Gasteiger partial charge >= 0.3 is 5.97 Å². The second-order valence-corrected chi connectivity index (χ2v) is 7.65. The van der Waals surface area contributed by atoms with Gasteiger partial charge < -0.3 is 15.2 Å². The van der Waals surface area contributed by atoms with Gasteiger partial charge in [0.2, 0.25) is 5.91 Å². The van der Waals surface area contributed by atoms with Crippen LogP contribution in [0.2, 0.25) is 0 Å². The Balaban J connectivity index is 1.53. The highest BCUT2D eigenvalue weighted by Gasteiger charge is 2.34. The average Bonchev–Trinajstić information content (AvgIpc) is 3.03. The first-order valence-electron chi connectivity index (χ1n) is 8.77. The number of ether oxygens (including phenoxy) is 1.